The first kappa shape index (κ1) is 28.2. The number of hydrogen-bond acceptors (Lipinski definition) is 4. The van der Waals surface area contributed by atoms with E-state index in [9.17, 15) is 14.4 Å². The highest BCUT2D eigenvalue weighted by atomic mass is 35.5. The Balaban J connectivity index is 1.31. The van der Waals surface area contributed by atoms with Crippen LogP contribution in [0.3, 0.4) is 0 Å². The number of carbonyl (C=O) groups excluding carboxylic acids is 3. The fraction of sp³-hybridized carbons (Fsp3) is 0.483. The van der Waals surface area contributed by atoms with Gasteiger partial charge in [0.05, 0.1) is 40.2 Å². The molecule has 0 bridgehead atoms. The smallest absolute Gasteiger partial charge is 0.251 e. The lowest BCUT2D eigenvalue weighted by atomic mass is 9.78. The molecule has 1 aliphatic carbocycles. The van der Waals surface area contributed by atoms with Crippen LogP contribution in [0.2, 0.25) is 15.1 Å². The Bertz CT molecular complexity index is 1270. The first-order valence-corrected chi connectivity index (χ1v) is 14.5. The zero-order chi connectivity index (χ0) is 27.9. The maximum absolute atomic E-state index is 13.7. The summed E-state index contributed by atoms with van der Waals surface area (Å²) in [6.07, 6.45) is 3.52. The van der Waals surface area contributed by atoms with Gasteiger partial charge in [-0.2, -0.15) is 0 Å². The molecule has 2 aromatic rings. The van der Waals surface area contributed by atoms with Crippen LogP contribution in [0.1, 0.15) is 53.6 Å². The van der Waals surface area contributed by atoms with Crippen LogP contribution in [0.4, 0.5) is 5.69 Å². The van der Waals surface area contributed by atoms with Crippen molar-refractivity contribution in [2.75, 3.05) is 31.1 Å². The Labute approximate surface area is 243 Å². The molecule has 0 aromatic heterocycles. The summed E-state index contributed by atoms with van der Waals surface area (Å²) in [6, 6.07) is 8.65. The molecule has 3 atom stereocenters. The number of amides is 3. The van der Waals surface area contributed by atoms with Crippen molar-refractivity contribution in [2.24, 2.45) is 5.92 Å². The molecular formula is C29H32Cl3N3O4. The lowest BCUT2D eigenvalue weighted by Crippen LogP contribution is -2.65. The standard InChI is InChI=1S/C29H32Cl3N3O4/c1-17-6-5-7-18(2)26(17)35-15-20(14-24(35)36)28(38)34-10-11-39-29(16-34)9-4-3-8-23(29)33-27(37)19-12-21(30)25(32)22(31)13-19/h5-7,12-13,20,23H,3-4,8-11,14-16H2,1-2H3,(H,33,37)/t20?,23-,29+/m0/s1. The number of benzene rings is 2. The van der Waals surface area contributed by atoms with Crippen LogP contribution in [0, 0.1) is 19.8 Å². The molecule has 1 saturated carbocycles. The predicted octanol–water partition coefficient (Wildman–Crippen LogP) is 5.59. The SMILES string of the molecule is Cc1cccc(C)c1N1CC(C(=O)N2CCO[C@]3(CCCC[C@@H]3NC(=O)c3cc(Cl)c(Cl)c(Cl)c3)C2)CC1=O. The molecule has 39 heavy (non-hydrogen) atoms. The molecule has 208 valence electrons. The van der Waals surface area contributed by atoms with Crippen LogP contribution < -0.4 is 10.2 Å². The highest BCUT2D eigenvalue weighted by molar-refractivity contribution is 6.48. The van der Waals surface area contributed by atoms with E-state index in [-0.39, 0.29) is 45.3 Å². The van der Waals surface area contributed by atoms with Crippen LogP contribution in [0.5, 0.6) is 0 Å². The van der Waals surface area contributed by atoms with Gasteiger partial charge in [0.25, 0.3) is 5.91 Å². The minimum atomic E-state index is -0.698. The lowest BCUT2D eigenvalue weighted by molar-refractivity contribution is -0.164. The number of halogens is 3. The van der Waals surface area contributed by atoms with E-state index >= 15 is 0 Å². The Morgan fingerprint density at radius 3 is 2.46 bits per heavy atom. The largest absolute Gasteiger partial charge is 0.369 e. The van der Waals surface area contributed by atoms with E-state index in [0.29, 0.717) is 31.8 Å². The van der Waals surface area contributed by atoms with Crippen molar-refractivity contribution in [3.8, 4) is 0 Å². The first-order chi connectivity index (χ1) is 18.6. The molecular weight excluding hydrogens is 561 g/mol. The van der Waals surface area contributed by atoms with Gasteiger partial charge in [0.15, 0.2) is 0 Å². The van der Waals surface area contributed by atoms with Gasteiger partial charge in [0.1, 0.15) is 5.60 Å². The quantitative estimate of drug-likeness (QED) is 0.470. The average Bonchev–Trinajstić information content (AvgIpc) is 3.28. The number of nitrogens with zero attached hydrogens (tertiary/aromatic N) is 2. The van der Waals surface area contributed by atoms with Gasteiger partial charge < -0.3 is 19.9 Å². The number of hydrogen-bond donors (Lipinski definition) is 1. The van der Waals surface area contributed by atoms with E-state index in [1.807, 2.05) is 36.9 Å². The molecule has 10 heteroatoms. The first-order valence-electron chi connectivity index (χ1n) is 13.3. The Morgan fingerprint density at radius 1 is 1.08 bits per heavy atom. The maximum Gasteiger partial charge on any atom is 0.251 e. The minimum absolute atomic E-state index is 0.0307. The summed E-state index contributed by atoms with van der Waals surface area (Å²) in [5.74, 6) is -0.801. The van der Waals surface area contributed by atoms with E-state index in [4.69, 9.17) is 39.5 Å². The van der Waals surface area contributed by atoms with Gasteiger partial charge >= 0.3 is 0 Å². The summed E-state index contributed by atoms with van der Waals surface area (Å²) in [5.41, 5.74) is 2.55. The fourth-order valence-corrected chi connectivity index (χ4v) is 6.87. The van der Waals surface area contributed by atoms with Crippen LogP contribution >= 0.6 is 34.8 Å². The number of para-hydroxylation sites is 1. The van der Waals surface area contributed by atoms with E-state index in [1.54, 1.807) is 4.90 Å². The average molecular weight is 593 g/mol. The van der Waals surface area contributed by atoms with Gasteiger partial charge in [-0.3, -0.25) is 14.4 Å². The number of morpholine rings is 1. The molecule has 1 spiro atoms. The van der Waals surface area contributed by atoms with Gasteiger partial charge in [0, 0.05) is 30.8 Å². The second kappa shape index (κ2) is 11.3. The molecule has 5 rings (SSSR count). The fourth-order valence-electron chi connectivity index (χ4n) is 6.28. The summed E-state index contributed by atoms with van der Waals surface area (Å²) in [7, 11) is 0. The molecule has 2 saturated heterocycles. The summed E-state index contributed by atoms with van der Waals surface area (Å²) < 4.78 is 6.35. The van der Waals surface area contributed by atoms with Gasteiger partial charge in [0.2, 0.25) is 11.8 Å². The van der Waals surface area contributed by atoms with Crippen molar-refractivity contribution in [1.29, 1.82) is 0 Å². The predicted molar refractivity (Wildman–Crippen MR) is 153 cm³/mol. The van der Waals surface area contributed by atoms with Crippen molar-refractivity contribution in [3.05, 3.63) is 62.1 Å². The molecule has 3 amide bonds. The minimum Gasteiger partial charge on any atom is -0.369 e. The molecule has 1 unspecified atom stereocenters. The number of nitrogens with one attached hydrogen (secondary N) is 1. The van der Waals surface area contributed by atoms with Crippen molar-refractivity contribution >= 4 is 58.2 Å². The Kier molecular flexibility index (Phi) is 8.16. The van der Waals surface area contributed by atoms with Gasteiger partial charge in [-0.1, -0.05) is 65.8 Å². The number of anilines is 1. The van der Waals surface area contributed by atoms with E-state index < -0.39 is 11.5 Å². The maximum atomic E-state index is 13.7. The summed E-state index contributed by atoms with van der Waals surface area (Å²) in [6.45, 7) is 5.54. The van der Waals surface area contributed by atoms with Crippen LogP contribution in [0.15, 0.2) is 30.3 Å². The van der Waals surface area contributed by atoms with Gasteiger partial charge in [-0.05, 0) is 49.9 Å². The van der Waals surface area contributed by atoms with Crippen molar-refractivity contribution in [1.82, 2.24) is 10.2 Å². The van der Waals surface area contributed by atoms with Gasteiger partial charge in [-0.25, -0.2) is 0 Å². The third-order valence-electron chi connectivity index (χ3n) is 8.23. The monoisotopic (exact) mass is 591 g/mol. The molecule has 3 fully saturated rings. The zero-order valence-electron chi connectivity index (χ0n) is 22.1. The molecule has 3 aliphatic rings. The number of ether oxygens (including phenoxy) is 1. The summed E-state index contributed by atoms with van der Waals surface area (Å²) in [5, 5.41) is 3.74. The molecule has 7 nitrogen and oxygen atoms in total. The molecule has 2 aromatic carbocycles. The molecule has 0 radical (unpaired) electrons. The number of carbonyl (C=O) groups is 3. The van der Waals surface area contributed by atoms with Crippen molar-refractivity contribution < 1.29 is 19.1 Å². The van der Waals surface area contributed by atoms with Crippen LogP contribution in [-0.4, -0.2) is 60.5 Å². The Morgan fingerprint density at radius 2 is 1.77 bits per heavy atom. The highest BCUT2D eigenvalue weighted by Crippen LogP contribution is 2.38. The third kappa shape index (κ3) is 5.51. The molecule has 2 heterocycles. The van der Waals surface area contributed by atoms with E-state index in [2.05, 4.69) is 5.32 Å². The number of aryl methyl sites for hydroxylation is 2. The topological polar surface area (TPSA) is 79.0 Å². The molecule has 2 aliphatic heterocycles. The summed E-state index contributed by atoms with van der Waals surface area (Å²) >= 11 is 18.4. The van der Waals surface area contributed by atoms with Gasteiger partial charge in [-0.15, -0.1) is 0 Å². The highest BCUT2D eigenvalue weighted by Gasteiger charge is 2.48. The zero-order valence-corrected chi connectivity index (χ0v) is 24.3. The third-order valence-corrected chi connectivity index (χ3v) is 9.43. The lowest BCUT2D eigenvalue weighted by Gasteiger charge is -2.50. The van der Waals surface area contributed by atoms with E-state index in [0.717, 1.165) is 42.5 Å². The van der Waals surface area contributed by atoms with E-state index in [1.165, 1.54) is 12.1 Å². The van der Waals surface area contributed by atoms with Crippen LogP contribution in [-0.2, 0) is 14.3 Å². The van der Waals surface area contributed by atoms with Crippen molar-refractivity contribution in [2.45, 2.75) is 57.6 Å². The number of rotatable bonds is 4. The second-order valence-electron chi connectivity index (χ2n) is 10.8. The Hall–Kier alpha value is -2.32. The second-order valence-corrected chi connectivity index (χ2v) is 12.0. The summed E-state index contributed by atoms with van der Waals surface area (Å²) in [4.78, 5) is 43.5. The van der Waals surface area contributed by atoms with Crippen molar-refractivity contribution in [3.63, 3.8) is 0 Å². The van der Waals surface area contributed by atoms with Crippen LogP contribution in [0.25, 0.3) is 0 Å². The molecule has 1 N–H and O–H groups in total. The normalized spacial score (nSPS) is 25.3.